The van der Waals surface area contributed by atoms with E-state index in [1.807, 2.05) is 6.92 Å². The highest BCUT2D eigenvalue weighted by Gasteiger charge is 2.32. The molecule has 0 amide bonds. The van der Waals surface area contributed by atoms with Gasteiger partial charge in [0, 0.05) is 44.8 Å². The van der Waals surface area contributed by atoms with E-state index >= 15 is 0 Å². The molecule has 336 valence electrons. The number of methoxy groups -OCH3 is 2. The zero-order chi connectivity index (χ0) is 43.5. The van der Waals surface area contributed by atoms with Crippen LogP contribution in [0.1, 0.15) is 32.6 Å². The Morgan fingerprint density at radius 2 is 1.11 bits per heavy atom. The molecule has 0 radical (unpaired) electrons. The average Bonchev–Trinajstić information content (AvgIpc) is 3.11. The van der Waals surface area contributed by atoms with Crippen LogP contribution in [0.5, 0.6) is 0 Å². The van der Waals surface area contributed by atoms with E-state index in [4.69, 9.17) is 44.2 Å². The van der Waals surface area contributed by atoms with E-state index in [-0.39, 0.29) is 84.5 Å². The lowest BCUT2D eigenvalue weighted by Gasteiger charge is -2.33. The normalized spacial score (nSPS) is 24.6. The minimum Gasteiger partial charge on any atom is -0.742 e. The van der Waals surface area contributed by atoms with Gasteiger partial charge in [-0.05, 0) is 0 Å². The maximum atomic E-state index is 10.9. The number of rotatable bonds is 20. The Morgan fingerprint density at radius 3 is 1.41 bits per heavy atom. The Morgan fingerprint density at radius 1 is 0.714 bits per heavy atom. The van der Waals surface area contributed by atoms with Crippen molar-refractivity contribution in [1.82, 2.24) is 0 Å². The van der Waals surface area contributed by atoms with E-state index in [1.54, 1.807) is 0 Å². The molecule has 2 aliphatic heterocycles. The van der Waals surface area contributed by atoms with E-state index < -0.39 is 92.4 Å². The first-order valence-electron chi connectivity index (χ1n) is 16.3. The summed E-state index contributed by atoms with van der Waals surface area (Å²) >= 11 is 0. The molecule has 0 aromatic heterocycles. The monoisotopic (exact) mass is 886 g/mol. The fourth-order valence-electron chi connectivity index (χ4n) is 4.03. The maximum Gasteiger partial charge on any atom is 0.335 e. The zero-order valence-corrected chi connectivity index (χ0v) is 33.1. The fourth-order valence-corrected chi connectivity index (χ4v) is 5.18. The van der Waals surface area contributed by atoms with Crippen molar-refractivity contribution < 1.29 is 116 Å². The van der Waals surface area contributed by atoms with Crippen molar-refractivity contribution in [2.45, 2.75) is 75.3 Å². The molecule has 9 unspecified atom stereocenters. The fraction of sp³-hybridized carbons (Fsp3) is 0.926. The van der Waals surface area contributed by atoms with Gasteiger partial charge in [0.25, 0.3) is 0 Å². The molecule has 26 nitrogen and oxygen atoms in total. The lowest BCUT2D eigenvalue weighted by molar-refractivity contribution is -0.156. The van der Waals surface area contributed by atoms with E-state index in [1.165, 1.54) is 14.2 Å². The van der Waals surface area contributed by atoms with E-state index in [2.05, 4.69) is 22.0 Å². The second-order valence-electron chi connectivity index (χ2n) is 11.2. The first-order chi connectivity index (χ1) is 26.0. The van der Waals surface area contributed by atoms with Gasteiger partial charge in [-0.2, -0.15) is 0 Å². The van der Waals surface area contributed by atoms with Gasteiger partial charge in [-0.3, -0.25) is 12.5 Å². The van der Waals surface area contributed by atoms with Gasteiger partial charge in [0.2, 0.25) is 20.8 Å². The highest BCUT2D eigenvalue weighted by atomic mass is 32.3. The molecular weight excluding hydrogens is 834 g/mol. The number of carbonyl (C=O) groups excluding carboxylic acids is 2. The van der Waals surface area contributed by atoms with Gasteiger partial charge >= 0.3 is 11.9 Å². The van der Waals surface area contributed by atoms with Crippen molar-refractivity contribution in [1.29, 1.82) is 4.78 Å². The van der Waals surface area contributed by atoms with Gasteiger partial charge in [-0.25, -0.2) is 35.4 Å². The molecule has 0 bridgehead atoms. The lowest BCUT2D eigenvalue weighted by Crippen LogP contribution is -2.45. The third-order valence-corrected chi connectivity index (χ3v) is 8.11. The molecule has 0 saturated carbocycles. The zero-order valence-electron chi connectivity index (χ0n) is 30.7. The predicted molar refractivity (Wildman–Crippen MR) is 179 cm³/mol. The van der Waals surface area contributed by atoms with Crippen LogP contribution in [0.3, 0.4) is 0 Å². The maximum absolute atomic E-state index is 10.9. The molecule has 29 heteroatoms. The van der Waals surface area contributed by atoms with Crippen LogP contribution >= 0.6 is 0 Å². The van der Waals surface area contributed by atoms with Gasteiger partial charge in [-0.15, -0.1) is 0 Å². The SMILES string of the molecule is CC1COC(COS(=O)(=O)[O-])CC1O.COC(=O)C(CCO)OCCO.COC(=O)C(CCO)OCCO.N=S(=O)([O-])OC1COC(COS(=O)(=O)[O-])CC1O. The van der Waals surface area contributed by atoms with E-state index in [9.17, 15) is 54.5 Å². The largest absolute Gasteiger partial charge is 0.742 e. The molecule has 0 spiro atoms. The number of carbonyl (C=O) groups is 2. The third-order valence-electron chi connectivity index (χ3n) is 6.76. The summed E-state index contributed by atoms with van der Waals surface area (Å²) in [4.78, 5) is 21.7. The van der Waals surface area contributed by atoms with Gasteiger partial charge in [0.15, 0.2) is 12.2 Å². The van der Waals surface area contributed by atoms with Crippen LogP contribution in [0.25, 0.3) is 0 Å². The van der Waals surface area contributed by atoms with E-state index in [0.29, 0.717) is 6.61 Å². The van der Waals surface area contributed by atoms with Crippen molar-refractivity contribution in [3.8, 4) is 0 Å². The molecule has 2 rings (SSSR count). The van der Waals surface area contributed by atoms with Crippen molar-refractivity contribution in [2.24, 2.45) is 5.92 Å². The number of hydrogen-bond donors (Lipinski definition) is 7. The summed E-state index contributed by atoms with van der Waals surface area (Å²) in [6.45, 7) is 0.430. The minimum absolute atomic E-state index is 0.0232. The van der Waals surface area contributed by atoms with E-state index in [0.717, 1.165) is 0 Å². The van der Waals surface area contributed by atoms with Crippen LogP contribution in [0.4, 0.5) is 0 Å². The standard InChI is InChI=1S/C7H14O6S.2C7H14O5.C6H13NO9S2/c1-5-3-12-6(2-7(5)8)4-13-14(9,10)11;2*1-11-7(10)6(2-3-8)12-5-4-9;7-17(9,10)16-6-3-14-4(1-5(6)8)2-15-18(11,12)13/h5-8H,2-4H2,1H3,(H,9,10,11);2*6,8-9H,2-5H2,1H3;4-6,8H,1-3H2,(H2,7,9,10)(H,11,12,13)/p-3. The second-order valence-corrected chi connectivity index (χ2v) is 14.4. The number of aliphatic hydroxyl groups excluding tert-OH is 6. The van der Waals surface area contributed by atoms with Gasteiger partial charge in [-0.1, -0.05) is 6.92 Å². The summed E-state index contributed by atoms with van der Waals surface area (Å²) in [6, 6.07) is 0. The Kier molecular flexibility index (Phi) is 30.4. The molecule has 2 fully saturated rings. The third kappa shape index (κ3) is 30.3. The summed E-state index contributed by atoms with van der Waals surface area (Å²) in [5.41, 5.74) is 0. The summed E-state index contributed by atoms with van der Waals surface area (Å²) in [7, 11) is -11.5. The molecule has 2 aliphatic rings. The molecule has 0 aromatic carbocycles. The van der Waals surface area contributed by atoms with Crippen LogP contribution < -0.4 is 0 Å². The van der Waals surface area contributed by atoms with Crippen molar-refractivity contribution in [3.05, 3.63) is 0 Å². The van der Waals surface area contributed by atoms with Crippen LogP contribution in [0.2, 0.25) is 0 Å². The molecule has 7 N–H and O–H groups in total. The number of aliphatic hydroxyl groups is 6. The number of nitrogens with one attached hydrogen (secondary N) is 1. The smallest absolute Gasteiger partial charge is 0.335 e. The van der Waals surface area contributed by atoms with Crippen molar-refractivity contribution in [3.63, 3.8) is 0 Å². The Hall–Kier alpha value is -1.85. The number of ether oxygens (including phenoxy) is 6. The highest BCUT2D eigenvalue weighted by Crippen LogP contribution is 2.20. The van der Waals surface area contributed by atoms with Crippen LogP contribution in [-0.4, -0.2) is 200 Å². The second kappa shape index (κ2) is 30.2. The highest BCUT2D eigenvalue weighted by molar-refractivity contribution is 7.82. The summed E-state index contributed by atoms with van der Waals surface area (Å²) in [5.74, 6) is -1.04. The van der Waals surface area contributed by atoms with Crippen molar-refractivity contribution in [2.75, 3.05) is 80.3 Å². The molecule has 0 aliphatic carbocycles. The average molecular weight is 887 g/mol. The van der Waals surface area contributed by atoms with Crippen LogP contribution in [0, 0.1) is 10.7 Å². The van der Waals surface area contributed by atoms with Crippen LogP contribution in [0.15, 0.2) is 0 Å². The predicted octanol–water partition coefficient (Wildman–Crippen LogP) is -4.82. The van der Waals surface area contributed by atoms with Crippen LogP contribution in [-0.2, 0) is 81.6 Å². The molecule has 2 saturated heterocycles. The van der Waals surface area contributed by atoms with Crippen molar-refractivity contribution >= 4 is 43.0 Å². The van der Waals surface area contributed by atoms with Gasteiger partial charge in [0.05, 0.1) is 91.5 Å². The Bertz CT molecular complexity index is 1350. The minimum atomic E-state index is -4.85. The number of hydrogen-bond acceptors (Lipinski definition) is 26. The molecule has 0 aromatic rings. The summed E-state index contributed by atoms with van der Waals surface area (Å²) in [5, 5.41) is 52.8. The molecule has 9 atom stereocenters. The first-order valence-corrected chi connectivity index (χ1v) is 20.3. The Balaban J connectivity index is 0. The summed E-state index contributed by atoms with van der Waals surface area (Å²) in [6.07, 6.45) is -5.52. The van der Waals surface area contributed by atoms with Gasteiger partial charge in [0.1, 0.15) is 16.4 Å². The van der Waals surface area contributed by atoms with Gasteiger partial charge < -0.3 is 72.7 Å². The first kappa shape index (κ1) is 56.2. The molecular formula is C27H52NO25S3-3. The molecule has 56 heavy (non-hydrogen) atoms. The summed E-state index contributed by atoms with van der Waals surface area (Å²) < 4.78 is 129. The number of esters is 2. The topological polar surface area (TPSA) is 417 Å². The Labute approximate surface area is 324 Å². The quantitative estimate of drug-likeness (QED) is 0.0342. The molecule has 2 heterocycles. The lowest BCUT2D eigenvalue weighted by atomic mass is 9.97.